The molecule has 0 bridgehead atoms. The number of aliphatic hydroxyl groups excluding tert-OH is 1. The first-order valence-corrected chi connectivity index (χ1v) is 5.67. The molecule has 1 aromatic carbocycles. The summed E-state index contributed by atoms with van der Waals surface area (Å²) in [6.45, 7) is 3.18. The van der Waals surface area contributed by atoms with E-state index in [0.717, 1.165) is 0 Å². The Bertz CT molecular complexity index is 494. The van der Waals surface area contributed by atoms with Gasteiger partial charge in [0.1, 0.15) is 11.4 Å². The summed E-state index contributed by atoms with van der Waals surface area (Å²) >= 11 is 5.88. The molecule has 18 heavy (non-hydrogen) atoms. The molecule has 5 nitrogen and oxygen atoms in total. The summed E-state index contributed by atoms with van der Waals surface area (Å²) in [6.07, 6.45) is 0. The Balaban J connectivity index is 2.96. The number of carbonyl (C=O) groups is 1. The molecule has 0 saturated carbocycles. The number of hydrogen-bond donors (Lipinski definition) is 1. The first-order valence-electron chi connectivity index (χ1n) is 5.29. The number of benzene rings is 1. The number of halogens is 1. The summed E-state index contributed by atoms with van der Waals surface area (Å²) in [7, 11) is 0. The quantitative estimate of drug-likeness (QED) is 0.391. The van der Waals surface area contributed by atoms with Gasteiger partial charge < -0.3 is 9.84 Å². The third-order valence-electron chi connectivity index (χ3n) is 1.92. The number of hydrogen-bond acceptors (Lipinski definition) is 5. The van der Waals surface area contributed by atoms with Gasteiger partial charge >= 0.3 is 5.97 Å². The molecule has 0 atom stereocenters. The molecule has 1 N–H and O–H groups in total. The monoisotopic (exact) mass is 268 g/mol. The topological polar surface area (TPSA) is 71.2 Å². The van der Waals surface area contributed by atoms with Gasteiger partial charge in [0.2, 0.25) is 5.70 Å². The van der Waals surface area contributed by atoms with Crippen LogP contribution in [-0.2, 0) is 9.53 Å². The van der Waals surface area contributed by atoms with Crippen molar-refractivity contribution in [3.63, 3.8) is 0 Å². The Kier molecular flexibility index (Phi) is 5.32. The van der Waals surface area contributed by atoms with Crippen molar-refractivity contribution in [3.8, 4) is 0 Å². The molecule has 0 aromatic heterocycles. The molecule has 0 radical (unpaired) electrons. The summed E-state index contributed by atoms with van der Waals surface area (Å²) in [4.78, 5) is 11.5. The standard InChI is InChI=1S/C12H13ClN2O3/c1-3-18-12(17)11(8(2)16)15-14-10-7-5-4-6-9(10)13/h4-7,16H,3H2,1-2H3/b11-8+,15-14?. The van der Waals surface area contributed by atoms with Crippen molar-refractivity contribution in [3.05, 3.63) is 40.7 Å². The van der Waals surface area contributed by atoms with Crippen LogP contribution in [0.4, 0.5) is 5.69 Å². The summed E-state index contributed by atoms with van der Waals surface area (Å²) in [5.41, 5.74) is 0.166. The van der Waals surface area contributed by atoms with Crippen LogP contribution in [0.2, 0.25) is 5.02 Å². The lowest BCUT2D eigenvalue weighted by molar-refractivity contribution is -0.138. The third kappa shape index (κ3) is 3.85. The molecule has 1 rings (SSSR count). The molecule has 0 spiro atoms. The lowest BCUT2D eigenvalue weighted by atomic mass is 10.3. The number of ether oxygens (including phenoxy) is 1. The fourth-order valence-electron chi connectivity index (χ4n) is 1.10. The molecule has 0 fully saturated rings. The van der Waals surface area contributed by atoms with Crippen LogP contribution in [0.3, 0.4) is 0 Å². The van der Waals surface area contributed by atoms with Crippen LogP contribution < -0.4 is 0 Å². The Labute approximate surface area is 110 Å². The predicted molar refractivity (Wildman–Crippen MR) is 67.9 cm³/mol. The van der Waals surface area contributed by atoms with Crippen molar-refractivity contribution in [1.82, 2.24) is 0 Å². The number of azo groups is 1. The summed E-state index contributed by atoms with van der Waals surface area (Å²) in [5, 5.41) is 17.2. The zero-order valence-corrected chi connectivity index (χ0v) is 10.8. The highest BCUT2D eigenvalue weighted by molar-refractivity contribution is 6.32. The highest BCUT2D eigenvalue weighted by atomic mass is 35.5. The molecule has 96 valence electrons. The van der Waals surface area contributed by atoms with E-state index in [-0.39, 0.29) is 18.1 Å². The molecular weight excluding hydrogens is 256 g/mol. The van der Waals surface area contributed by atoms with E-state index in [4.69, 9.17) is 16.3 Å². The lowest BCUT2D eigenvalue weighted by Gasteiger charge is -2.02. The van der Waals surface area contributed by atoms with E-state index >= 15 is 0 Å². The van der Waals surface area contributed by atoms with E-state index in [0.29, 0.717) is 10.7 Å². The first kappa shape index (κ1) is 14.2. The van der Waals surface area contributed by atoms with E-state index in [1.807, 2.05) is 0 Å². The normalized spacial score (nSPS) is 12.4. The third-order valence-corrected chi connectivity index (χ3v) is 2.24. The minimum atomic E-state index is -0.728. The first-order chi connectivity index (χ1) is 8.56. The van der Waals surface area contributed by atoms with Gasteiger partial charge in [-0.05, 0) is 26.0 Å². The highest BCUT2D eigenvalue weighted by Gasteiger charge is 2.13. The minimum absolute atomic E-state index is 0.192. The number of esters is 1. The molecule has 0 aliphatic rings. The van der Waals surface area contributed by atoms with E-state index in [9.17, 15) is 9.90 Å². The Hall–Kier alpha value is -1.88. The van der Waals surface area contributed by atoms with E-state index in [1.54, 1.807) is 31.2 Å². The van der Waals surface area contributed by atoms with Crippen molar-refractivity contribution in [1.29, 1.82) is 0 Å². The van der Waals surface area contributed by atoms with Crippen LogP contribution in [0.25, 0.3) is 0 Å². The van der Waals surface area contributed by atoms with Crippen LogP contribution in [0.1, 0.15) is 13.8 Å². The second kappa shape index (κ2) is 6.76. The highest BCUT2D eigenvalue weighted by Crippen LogP contribution is 2.25. The van der Waals surface area contributed by atoms with Crippen LogP contribution in [0.5, 0.6) is 0 Å². The molecule has 0 amide bonds. The largest absolute Gasteiger partial charge is 0.510 e. The van der Waals surface area contributed by atoms with Gasteiger partial charge in [-0.2, -0.15) is 0 Å². The van der Waals surface area contributed by atoms with Gasteiger partial charge in [0.25, 0.3) is 0 Å². The number of rotatable bonds is 4. The van der Waals surface area contributed by atoms with Gasteiger partial charge in [-0.25, -0.2) is 4.79 Å². The molecule has 6 heteroatoms. The Morgan fingerprint density at radius 2 is 2.11 bits per heavy atom. The van der Waals surface area contributed by atoms with E-state index in [2.05, 4.69) is 10.2 Å². The van der Waals surface area contributed by atoms with Crippen LogP contribution in [-0.4, -0.2) is 17.7 Å². The Morgan fingerprint density at radius 3 is 2.67 bits per heavy atom. The maximum Gasteiger partial charge on any atom is 0.362 e. The maximum absolute atomic E-state index is 11.5. The molecule has 1 aromatic rings. The van der Waals surface area contributed by atoms with E-state index in [1.165, 1.54) is 6.92 Å². The zero-order valence-electron chi connectivity index (χ0n) is 10.1. The molecule has 0 aliphatic heterocycles. The fraction of sp³-hybridized carbons (Fsp3) is 0.250. The second-order valence-corrected chi connectivity index (χ2v) is 3.71. The lowest BCUT2D eigenvalue weighted by Crippen LogP contribution is -2.07. The van der Waals surface area contributed by atoms with Crippen LogP contribution >= 0.6 is 11.6 Å². The smallest absolute Gasteiger partial charge is 0.362 e. The van der Waals surface area contributed by atoms with Gasteiger partial charge in [-0.15, -0.1) is 10.2 Å². The fourth-order valence-corrected chi connectivity index (χ4v) is 1.27. The molecular formula is C12H13ClN2O3. The minimum Gasteiger partial charge on any atom is -0.510 e. The average molecular weight is 269 g/mol. The van der Waals surface area contributed by atoms with E-state index < -0.39 is 5.97 Å². The molecule has 0 saturated heterocycles. The average Bonchev–Trinajstić information content (AvgIpc) is 2.31. The SMILES string of the molecule is CCOC(=O)/C(N=Nc1ccccc1Cl)=C(/C)O. The number of allylic oxidation sites excluding steroid dienone is 1. The number of carbonyl (C=O) groups excluding carboxylic acids is 1. The predicted octanol–water partition coefficient (Wildman–Crippen LogP) is 3.78. The Morgan fingerprint density at radius 1 is 1.44 bits per heavy atom. The summed E-state index contributed by atoms with van der Waals surface area (Å²) in [6, 6.07) is 6.78. The van der Waals surface area contributed by atoms with Crippen LogP contribution in [0.15, 0.2) is 46.0 Å². The van der Waals surface area contributed by atoms with Gasteiger partial charge in [-0.1, -0.05) is 23.7 Å². The van der Waals surface area contributed by atoms with Gasteiger partial charge in [-0.3, -0.25) is 0 Å². The van der Waals surface area contributed by atoms with Gasteiger partial charge in [0, 0.05) is 0 Å². The number of nitrogens with zero attached hydrogens (tertiary/aromatic N) is 2. The summed E-state index contributed by atoms with van der Waals surface area (Å²) in [5.74, 6) is -0.988. The van der Waals surface area contributed by atoms with Crippen molar-refractivity contribution in [2.45, 2.75) is 13.8 Å². The van der Waals surface area contributed by atoms with Crippen molar-refractivity contribution in [2.75, 3.05) is 6.61 Å². The van der Waals surface area contributed by atoms with Crippen molar-refractivity contribution in [2.24, 2.45) is 10.2 Å². The second-order valence-electron chi connectivity index (χ2n) is 3.31. The zero-order chi connectivity index (χ0) is 13.5. The summed E-state index contributed by atoms with van der Waals surface area (Å²) < 4.78 is 4.74. The van der Waals surface area contributed by atoms with Crippen LogP contribution in [0, 0.1) is 0 Å². The maximum atomic E-state index is 11.5. The molecule has 0 aliphatic carbocycles. The number of aliphatic hydroxyl groups is 1. The van der Waals surface area contributed by atoms with Crippen molar-refractivity contribution < 1.29 is 14.6 Å². The van der Waals surface area contributed by atoms with Crippen molar-refractivity contribution >= 4 is 23.3 Å². The molecule has 0 heterocycles. The van der Waals surface area contributed by atoms with Gasteiger partial charge in [0.05, 0.1) is 11.6 Å². The molecule has 0 unspecified atom stereocenters. The van der Waals surface area contributed by atoms with Gasteiger partial charge in [0.15, 0.2) is 0 Å².